The van der Waals surface area contributed by atoms with E-state index in [9.17, 15) is 14.3 Å². The lowest BCUT2D eigenvalue weighted by Crippen LogP contribution is -2.43. The molecular weight excluding hydrogens is 378 g/mol. The van der Waals surface area contributed by atoms with Crippen LogP contribution >= 0.6 is 23.2 Å². The molecule has 26 heavy (non-hydrogen) atoms. The molecule has 4 nitrogen and oxygen atoms in total. The SMILES string of the molecule is C[C@@H](N)c1ccc(-c2ccc([C@H](O)[C@@H](CF)NC(=O)C(Cl)Cl)cc2)cc1. The van der Waals surface area contributed by atoms with Gasteiger partial charge in [0.2, 0.25) is 0 Å². The number of carbonyl (C=O) groups is 1. The van der Waals surface area contributed by atoms with Crippen LogP contribution < -0.4 is 11.1 Å². The van der Waals surface area contributed by atoms with Crippen molar-refractivity contribution in [3.63, 3.8) is 0 Å². The molecule has 0 aliphatic heterocycles. The smallest absolute Gasteiger partial charge is 0.253 e. The van der Waals surface area contributed by atoms with Crippen molar-refractivity contribution >= 4 is 29.1 Å². The summed E-state index contributed by atoms with van der Waals surface area (Å²) in [5, 5.41) is 12.6. The summed E-state index contributed by atoms with van der Waals surface area (Å²) in [7, 11) is 0. The van der Waals surface area contributed by atoms with E-state index in [1.165, 1.54) is 0 Å². The number of amides is 1. The minimum atomic E-state index is -1.32. The lowest BCUT2D eigenvalue weighted by atomic mass is 9.97. The minimum absolute atomic E-state index is 0.0324. The molecule has 0 radical (unpaired) electrons. The lowest BCUT2D eigenvalue weighted by molar-refractivity contribution is -0.121. The number of aliphatic hydroxyl groups excluding tert-OH is 1. The molecule has 0 heterocycles. The van der Waals surface area contributed by atoms with E-state index in [1.54, 1.807) is 12.1 Å². The van der Waals surface area contributed by atoms with Gasteiger partial charge in [0.05, 0.1) is 6.04 Å². The second-order valence-corrected chi connectivity index (χ2v) is 7.14. The molecule has 0 spiro atoms. The molecule has 1 amide bonds. The summed E-state index contributed by atoms with van der Waals surface area (Å²) in [6.45, 7) is 0.968. The van der Waals surface area contributed by atoms with Crippen molar-refractivity contribution in [3.8, 4) is 11.1 Å². The van der Waals surface area contributed by atoms with Gasteiger partial charge in [-0.25, -0.2) is 4.39 Å². The maximum Gasteiger partial charge on any atom is 0.253 e. The number of carbonyl (C=O) groups excluding carboxylic acids is 1. The third-order valence-corrected chi connectivity index (χ3v) is 4.49. The normalized spacial score (nSPS) is 14.7. The predicted molar refractivity (Wildman–Crippen MR) is 103 cm³/mol. The van der Waals surface area contributed by atoms with Crippen molar-refractivity contribution in [3.05, 3.63) is 59.7 Å². The Labute approximate surface area is 162 Å². The molecule has 7 heteroatoms. The van der Waals surface area contributed by atoms with Crippen LogP contribution in [0.5, 0.6) is 0 Å². The molecule has 140 valence electrons. The van der Waals surface area contributed by atoms with Crippen molar-refractivity contribution in [1.82, 2.24) is 5.32 Å². The van der Waals surface area contributed by atoms with Gasteiger partial charge in [0.1, 0.15) is 12.8 Å². The van der Waals surface area contributed by atoms with Crippen molar-refractivity contribution in [1.29, 1.82) is 0 Å². The number of benzene rings is 2. The first-order valence-corrected chi connectivity index (χ1v) is 8.99. The van der Waals surface area contributed by atoms with Crippen molar-refractivity contribution in [2.45, 2.75) is 29.9 Å². The van der Waals surface area contributed by atoms with E-state index >= 15 is 0 Å². The lowest BCUT2D eigenvalue weighted by Gasteiger charge is -2.22. The number of aliphatic hydroxyl groups is 1. The van der Waals surface area contributed by atoms with Crippen molar-refractivity contribution in [2.24, 2.45) is 5.73 Å². The van der Waals surface area contributed by atoms with Crippen LogP contribution in [0.25, 0.3) is 11.1 Å². The number of nitrogens with two attached hydrogens (primary N) is 1. The summed E-state index contributed by atoms with van der Waals surface area (Å²) in [6.07, 6.45) is -1.22. The maximum absolute atomic E-state index is 13.2. The van der Waals surface area contributed by atoms with E-state index in [4.69, 9.17) is 28.9 Å². The van der Waals surface area contributed by atoms with Crippen LogP contribution in [-0.4, -0.2) is 28.6 Å². The third-order valence-electron chi connectivity index (χ3n) is 4.10. The number of halogens is 3. The molecular formula is C19H21Cl2FN2O2. The number of nitrogens with one attached hydrogen (secondary N) is 1. The van der Waals surface area contributed by atoms with Gasteiger partial charge in [-0.1, -0.05) is 71.7 Å². The molecule has 0 unspecified atom stereocenters. The number of alkyl halides is 3. The van der Waals surface area contributed by atoms with Crippen LogP contribution in [0.15, 0.2) is 48.5 Å². The fourth-order valence-corrected chi connectivity index (χ4v) is 2.66. The second-order valence-electron chi connectivity index (χ2n) is 6.05. The van der Waals surface area contributed by atoms with Crippen LogP contribution in [0.2, 0.25) is 0 Å². The molecule has 0 fully saturated rings. The van der Waals surface area contributed by atoms with Gasteiger partial charge in [0, 0.05) is 6.04 Å². The van der Waals surface area contributed by atoms with E-state index in [0.29, 0.717) is 5.56 Å². The zero-order valence-corrected chi connectivity index (χ0v) is 15.7. The summed E-state index contributed by atoms with van der Waals surface area (Å²) in [5.74, 6) is -0.749. The standard InChI is InChI=1S/C19H21Cl2FN2O2/c1-11(23)12-2-4-13(5-3-12)14-6-8-15(9-7-14)17(25)16(10-22)24-19(26)18(20)21/h2-9,11,16-18,25H,10,23H2,1H3,(H,24,26)/t11-,16-,17+/m1/s1. The van der Waals surface area contributed by atoms with E-state index in [2.05, 4.69) is 5.32 Å². The number of hydrogen-bond acceptors (Lipinski definition) is 3. The van der Waals surface area contributed by atoms with Gasteiger partial charge in [-0.3, -0.25) is 4.79 Å². The summed E-state index contributed by atoms with van der Waals surface area (Å²) >= 11 is 10.9. The van der Waals surface area contributed by atoms with E-state index in [-0.39, 0.29) is 6.04 Å². The highest BCUT2D eigenvalue weighted by Crippen LogP contribution is 2.25. The Morgan fingerprint density at radius 2 is 1.54 bits per heavy atom. The molecule has 0 aliphatic rings. The van der Waals surface area contributed by atoms with Crippen molar-refractivity contribution in [2.75, 3.05) is 6.67 Å². The van der Waals surface area contributed by atoms with Gasteiger partial charge < -0.3 is 16.2 Å². The van der Waals surface area contributed by atoms with Crippen molar-refractivity contribution < 1.29 is 14.3 Å². The van der Waals surface area contributed by atoms with E-state index in [0.717, 1.165) is 16.7 Å². The highest BCUT2D eigenvalue weighted by molar-refractivity contribution is 6.53. The van der Waals surface area contributed by atoms with E-state index in [1.807, 2.05) is 43.3 Å². The second kappa shape index (κ2) is 9.33. The molecule has 2 rings (SSSR count). The van der Waals surface area contributed by atoms with Crippen LogP contribution in [0, 0.1) is 0 Å². The Bertz CT molecular complexity index is 721. The summed E-state index contributed by atoms with van der Waals surface area (Å²) in [5.41, 5.74) is 9.30. The first kappa shape index (κ1) is 20.6. The summed E-state index contributed by atoms with van der Waals surface area (Å²) < 4.78 is 13.2. The maximum atomic E-state index is 13.2. The average Bonchev–Trinajstić information content (AvgIpc) is 2.65. The Balaban J connectivity index is 2.13. The van der Waals surface area contributed by atoms with Crippen LogP contribution in [0.4, 0.5) is 4.39 Å². The zero-order chi connectivity index (χ0) is 19.3. The number of hydrogen-bond donors (Lipinski definition) is 3. The quantitative estimate of drug-likeness (QED) is 0.622. The first-order chi connectivity index (χ1) is 12.3. The molecule has 3 atom stereocenters. The minimum Gasteiger partial charge on any atom is -0.386 e. The summed E-state index contributed by atoms with van der Waals surface area (Å²) in [4.78, 5) is 10.2. The molecule has 0 bridgehead atoms. The molecule has 0 saturated carbocycles. The van der Waals surface area contributed by atoms with E-state index < -0.39 is 29.6 Å². The zero-order valence-electron chi connectivity index (χ0n) is 14.2. The third kappa shape index (κ3) is 5.17. The van der Waals surface area contributed by atoms with Crippen LogP contribution in [-0.2, 0) is 4.79 Å². The fraction of sp³-hybridized carbons (Fsp3) is 0.316. The monoisotopic (exact) mass is 398 g/mol. The summed E-state index contributed by atoms with van der Waals surface area (Å²) in [6, 6.07) is 13.7. The Morgan fingerprint density at radius 1 is 1.08 bits per heavy atom. The van der Waals surface area contributed by atoms with Crippen LogP contribution in [0.3, 0.4) is 0 Å². The van der Waals surface area contributed by atoms with Gasteiger partial charge in [-0.05, 0) is 29.2 Å². The van der Waals surface area contributed by atoms with Gasteiger partial charge in [0.25, 0.3) is 5.91 Å². The molecule has 0 aliphatic carbocycles. The Morgan fingerprint density at radius 3 is 1.92 bits per heavy atom. The molecule has 4 N–H and O–H groups in total. The number of rotatable bonds is 7. The molecule has 0 aromatic heterocycles. The molecule has 0 saturated heterocycles. The molecule has 2 aromatic carbocycles. The Kier molecular flexibility index (Phi) is 7.41. The van der Waals surface area contributed by atoms with Gasteiger partial charge in [-0.15, -0.1) is 0 Å². The topological polar surface area (TPSA) is 75.3 Å². The highest BCUT2D eigenvalue weighted by Gasteiger charge is 2.25. The predicted octanol–water partition coefficient (Wildman–Crippen LogP) is 3.66. The van der Waals surface area contributed by atoms with Gasteiger partial charge in [-0.2, -0.15) is 0 Å². The van der Waals surface area contributed by atoms with Gasteiger partial charge >= 0.3 is 0 Å². The fourth-order valence-electron chi connectivity index (χ4n) is 2.53. The van der Waals surface area contributed by atoms with Gasteiger partial charge in [0.15, 0.2) is 4.84 Å². The van der Waals surface area contributed by atoms with Crippen LogP contribution in [0.1, 0.15) is 30.2 Å². The first-order valence-electron chi connectivity index (χ1n) is 8.12. The molecule has 2 aromatic rings. The Hall–Kier alpha value is -1.66. The largest absolute Gasteiger partial charge is 0.386 e. The highest BCUT2D eigenvalue weighted by atomic mass is 35.5. The average molecular weight is 399 g/mol.